The summed E-state index contributed by atoms with van der Waals surface area (Å²) in [6.07, 6.45) is 1.44. The summed E-state index contributed by atoms with van der Waals surface area (Å²) in [5, 5.41) is 5.02. The molecule has 0 saturated carbocycles. The van der Waals surface area contributed by atoms with Crippen LogP contribution in [-0.4, -0.2) is 23.2 Å². The van der Waals surface area contributed by atoms with Gasteiger partial charge in [0, 0.05) is 0 Å². The van der Waals surface area contributed by atoms with Gasteiger partial charge in [0.25, 0.3) is 16.0 Å². The Morgan fingerprint density at radius 3 is 2.67 bits per heavy atom. The number of nitrogens with one attached hydrogen (secondary N) is 1. The first-order valence-corrected chi connectivity index (χ1v) is 10.3. The van der Waals surface area contributed by atoms with Crippen LogP contribution in [-0.2, 0) is 16.6 Å². The molecule has 11 heteroatoms. The second kappa shape index (κ2) is 7.01. The molecule has 0 spiro atoms. The minimum Gasteiger partial charge on any atom is -0.246 e. The molecule has 0 aliphatic rings. The van der Waals surface area contributed by atoms with Crippen molar-refractivity contribution in [2.45, 2.75) is 10.8 Å². The molecule has 0 amide bonds. The molecule has 0 aliphatic heterocycles. The molecule has 0 bridgehead atoms. The first-order chi connectivity index (χ1) is 11.3. The van der Waals surface area contributed by atoms with E-state index >= 15 is 0 Å². The number of sulfonamides is 1. The number of nitrogens with zero attached hydrogens (tertiary/aromatic N) is 3. The minimum atomic E-state index is -3.70. The van der Waals surface area contributed by atoms with E-state index < -0.39 is 10.0 Å². The fourth-order valence-electron chi connectivity index (χ4n) is 1.86. The quantitative estimate of drug-likeness (QED) is 0.608. The van der Waals surface area contributed by atoms with E-state index in [0.29, 0.717) is 16.6 Å². The summed E-state index contributed by atoms with van der Waals surface area (Å²) in [6.45, 7) is 0.385. The van der Waals surface area contributed by atoms with Crippen LogP contribution in [0.2, 0.25) is 10.0 Å². The highest BCUT2D eigenvalue weighted by Gasteiger charge is 2.18. The summed E-state index contributed by atoms with van der Waals surface area (Å²) in [5.41, 5.74) is 0.867. The predicted molar refractivity (Wildman–Crippen MR) is 98.4 cm³/mol. The van der Waals surface area contributed by atoms with Crippen LogP contribution in [0.4, 0.5) is 5.95 Å². The Kier molecular flexibility index (Phi) is 5.16. The van der Waals surface area contributed by atoms with Gasteiger partial charge >= 0.3 is 0 Å². The molecule has 0 saturated heterocycles. The SMILES string of the molecule is O=S(=O)(Nc1ncn(Cc2ccc(Cl)c(Cl)c2)n1)c1ccc(Br)s1. The van der Waals surface area contributed by atoms with Crippen molar-refractivity contribution in [1.29, 1.82) is 0 Å². The van der Waals surface area contributed by atoms with Crippen LogP contribution in [0.25, 0.3) is 0 Å². The van der Waals surface area contributed by atoms with E-state index in [4.69, 9.17) is 23.2 Å². The van der Waals surface area contributed by atoms with Crippen molar-refractivity contribution in [3.63, 3.8) is 0 Å². The molecule has 126 valence electrons. The van der Waals surface area contributed by atoms with E-state index in [0.717, 1.165) is 20.7 Å². The van der Waals surface area contributed by atoms with Gasteiger partial charge in [0.15, 0.2) is 0 Å². The number of benzene rings is 1. The summed E-state index contributed by atoms with van der Waals surface area (Å²) in [5.74, 6) is -0.000386. The molecule has 3 aromatic rings. The molecule has 2 aromatic heterocycles. The third-order valence-electron chi connectivity index (χ3n) is 2.90. The van der Waals surface area contributed by atoms with Gasteiger partial charge in [-0.15, -0.1) is 16.4 Å². The number of hydrogen-bond donors (Lipinski definition) is 1. The molecule has 6 nitrogen and oxygen atoms in total. The summed E-state index contributed by atoms with van der Waals surface area (Å²) >= 11 is 16.2. The highest BCUT2D eigenvalue weighted by atomic mass is 79.9. The van der Waals surface area contributed by atoms with Crippen LogP contribution in [0.3, 0.4) is 0 Å². The van der Waals surface area contributed by atoms with Crippen LogP contribution >= 0.6 is 50.5 Å². The zero-order valence-corrected chi connectivity index (χ0v) is 16.5. The largest absolute Gasteiger partial charge is 0.273 e. The van der Waals surface area contributed by atoms with Crippen LogP contribution in [0.5, 0.6) is 0 Å². The molecule has 2 heterocycles. The Bertz CT molecular complexity index is 988. The van der Waals surface area contributed by atoms with Crippen molar-refractivity contribution in [1.82, 2.24) is 14.8 Å². The van der Waals surface area contributed by atoms with E-state index in [1.807, 2.05) is 6.07 Å². The summed E-state index contributed by atoms with van der Waals surface area (Å²) in [6, 6.07) is 8.38. The molecular formula is C13H9BrCl2N4O2S2. The molecule has 0 fully saturated rings. The summed E-state index contributed by atoms with van der Waals surface area (Å²) in [4.78, 5) is 3.97. The van der Waals surface area contributed by atoms with Crippen LogP contribution in [0.15, 0.2) is 44.7 Å². The molecule has 0 atom stereocenters. The van der Waals surface area contributed by atoms with Crippen molar-refractivity contribution in [3.05, 3.63) is 56.1 Å². The van der Waals surface area contributed by atoms with Crippen molar-refractivity contribution in [2.75, 3.05) is 4.72 Å². The minimum absolute atomic E-state index is 0.000386. The third kappa shape index (κ3) is 4.09. The number of halogens is 3. The molecule has 24 heavy (non-hydrogen) atoms. The zero-order chi connectivity index (χ0) is 17.3. The number of thiophene rings is 1. The molecule has 3 rings (SSSR count). The smallest absolute Gasteiger partial charge is 0.246 e. The normalized spacial score (nSPS) is 11.6. The van der Waals surface area contributed by atoms with Gasteiger partial charge < -0.3 is 0 Å². The second-order valence-electron chi connectivity index (χ2n) is 4.68. The fraction of sp³-hybridized carbons (Fsp3) is 0.0769. The predicted octanol–water partition coefficient (Wildman–Crippen LogP) is 4.26. The lowest BCUT2D eigenvalue weighted by Crippen LogP contribution is -2.13. The van der Waals surface area contributed by atoms with Crippen LogP contribution in [0, 0.1) is 0 Å². The number of aromatic nitrogens is 3. The number of rotatable bonds is 5. The molecule has 0 unspecified atom stereocenters. The maximum Gasteiger partial charge on any atom is 0.273 e. The first-order valence-electron chi connectivity index (χ1n) is 6.45. The fourth-order valence-corrected chi connectivity index (χ4v) is 5.13. The average molecular weight is 468 g/mol. The Balaban J connectivity index is 1.74. The summed E-state index contributed by atoms with van der Waals surface area (Å²) < 4.78 is 29.2. The highest BCUT2D eigenvalue weighted by Crippen LogP contribution is 2.27. The zero-order valence-electron chi connectivity index (χ0n) is 11.8. The Morgan fingerprint density at radius 2 is 2.00 bits per heavy atom. The Morgan fingerprint density at radius 1 is 1.21 bits per heavy atom. The second-order valence-corrected chi connectivity index (χ2v) is 9.86. The van der Waals surface area contributed by atoms with Gasteiger partial charge in [-0.25, -0.2) is 17.8 Å². The summed E-state index contributed by atoms with van der Waals surface area (Å²) in [7, 11) is -3.70. The van der Waals surface area contributed by atoms with Gasteiger partial charge in [-0.1, -0.05) is 29.3 Å². The van der Waals surface area contributed by atoms with Crippen molar-refractivity contribution in [3.8, 4) is 0 Å². The van der Waals surface area contributed by atoms with Gasteiger partial charge in [-0.05, 0) is 45.8 Å². The average Bonchev–Trinajstić information content (AvgIpc) is 3.12. The van der Waals surface area contributed by atoms with E-state index in [1.165, 1.54) is 17.1 Å². The molecule has 1 aromatic carbocycles. The Hall–Kier alpha value is -1.13. The van der Waals surface area contributed by atoms with Gasteiger partial charge in [-0.2, -0.15) is 4.98 Å². The van der Waals surface area contributed by atoms with E-state index in [9.17, 15) is 8.42 Å². The Labute approximate surface area is 160 Å². The lowest BCUT2D eigenvalue weighted by Gasteiger charge is -2.03. The third-order valence-corrected chi connectivity index (χ3v) is 7.09. The molecule has 1 N–H and O–H groups in total. The highest BCUT2D eigenvalue weighted by molar-refractivity contribution is 9.11. The van der Waals surface area contributed by atoms with Gasteiger partial charge in [-0.3, -0.25) is 0 Å². The van der Waals surface area contributed by atoms with Crippen LogP contribution in [0.1, 0.15) is 5.56 Å². The van der Waals surface area contributed by atoms with E-state index in [2.05, 4.69) is 30.7 Å². The van der Waals surface area contributed by atoms with Gasteiger partial charge in [0.1, 0.15) is 10.5 Å². The van der Waals surface area contributed by atoms with Crippen LogP contribution < -0.4 is 4.72 Å². The number of anilines is 1. The van der Waals surface area contributed by atoms with E-state index in [1.54, 1.807) is 18.2 Å². The van der Waals surface area contributed by atoms with Gasteiger partial charge in [0.05, 0.1) is 20.4 Å². The monoisotopic (exact) mass is 466 g/mol. The molecule has 0 aliphatic carbocycles. The van der Waals surface area contributed by atoms with Crippen molar-refractivity contribution < 1.29 is 8.42 Å². The standard InChI is InChI=1S/C13H9BrCl2N4O2S2/c14-11-3-4-12(23-11)24(21,22)19-13-17-7-20(18-13)6-8-1-2-9(15)10(16)5-8/h1-5,7H,6H2,(H,18,19). The lowest BCUT2D eigenvalue weighted by molar-refractivity contribution is 0.602. The maximum absolute atomic E-state index is 12.2. The van der Waals surface area contributed by atoms with E-state index in [-0.39, 0.29) is 10.2 Å². The maximum atomic E-state index is 12.2. The lowest BCUT2D eigenvalue weighted by atomic mass is 10.2. The number of hydrogen-bond acceptors (Lipinski definition) is 5. The topological polar surface area (TPSA) is 76.9 Å². The molecular weight excluding hydrogens is 459 g/mol. The van der Waals surface area contributed by atoms with Gasteiger partial charge in [0.2, 0.25) is 0 Å². The first kappa shape index (κ1) is 17.7. The van der Waals surface area contributed by atoms with Crippen molar-refractivity contribution in [2.24, 2.45) is 0 Å². The van der Waals surface area contributed by atoms with Crippen molar-refractivity contribution >= 4 is 66.4 Å². The molecule has 0 radical (unpaired) electrons.